The van der Waals surface area contributed by atoms with Crippen LogP contribution in [0.25, 0.3) is 0 Å². The van der Waals surface area contributed by atoms with Crippen molar-refractivity contribution in [3.05, 3.63) is 107 Å². The maximum absolute atomic E-state index is 13.5. The first-order chi connectivity index (χ1) is 17.6. The van der Waals surface area contributed by atoms with E-state index in [1.165, 1.54) is 4.90 Å². The molecule has 0 fully saturated rings. The predicted molar refractivity (Wildman–Crippen MR) is 146 cm³/mol. The van der Waals surface area contributed by atoms with Gasteiger partial charge in [-0.25, -0.2) is 8.42 Å². The van der Waals surface area contributed by atoms with E-state index >= 15 is 0 Å². The monoisotopic (exact) mass is 541 g/mol. The smallest absolute Gasteiger partial charge is 0.242 e. The van der Waals surface area contributed by atoms with Crippen molar-refractivity contribution in [2.75, 3.05) is 19.3 Å². The lowest BCUT2D eigenvalue weighted by Crippen LogP contribution is -2.51. The largest absolute Gasteiger partial charge is 0.354 e. The highest BCUT2D eigenvalue weighted by Gasteiger charge is 2.29. The van der Waals surface area contributed by atoms with Gasteiger partial charge in [0.2, 0.25) is 21.8 Å². The van der Waals surface area contributed by atoms with Crippen LogP contribution in [-0.4, -0.2) is 54.8 Å². The molecule has 0 aromatic heterocycles. The number of hydrogen-bond donors (Lipinski definition) is 1. The summed E-state index contributed by atoms with van der Waals surface area (Å²) in [7, 11) is -3.69. The third-order valence-electron chi connectivity index (χ3n) is 5.97. The van der Waals surface area contributed by atoms with Crippen molar-refractivity contribution in [3.8, 4) is 0 Å². The molecule has 0 aliphatic rings. The molecule has 1 N–H and O–H groups in total. The molecule has 0 heterocycles. The lowest BCUT2D eigenvalue weighted by Gasteiger charge is -2.31. The highest BCUT2D eigenvalue weighted by molar-refractivity contribution is 7.88. The molecule has 0 bridgehead atoms. The Hall–Kier alpha value is -3.20. The molecule has 9 heteroatoms. The number of nitrogens with zero attached hydrogens (tertiary/aromatic N) is 2. The van der Waals surface area contributed by atoms with Crippen molar-refractivity contribution in [2.45, 2.75) is 32.5 Å². The van der Waals surface area contributed by atoms with E-state index in [2.05, 4.69) is 5.32 Å². The zero-order valence-corrected chi connectivity index (χ0v) is 22.6. The zero-order valence-electron chi connectivity index (χ0n) is 21.0. The van der Waals surface area contributed by atoms with Crippen LogP contribution in [-0.2, 0) is 39.1 Å². The van der Waals surface area contributed by atoms with E-state index in [4.69, 9.17) is 11.6 Å². The van der Waals surface area contributed by atoms with Crippen molar-refractivity contribution >= 4 is 33.4 Å². The third kappa shape index (κ3) is 9.00. The number of carbonyl (C=O) groups is 2. The SMILES string of the molecule is C[C@H](C(=O)NCCc1ccccc1)N(Cc1ccc(Cl)cc1)C(=O)CN(Cc1ccccc1)S(C)(=O)=O. The molecule has 3 rings (SSSR count). The van der Waals surface area contributed by atoms with Crippen LogP contribution in [0.15, 0.2) is 84.9 Å². The highest BCUT2D eigenvalue weighted by atomic mass is 35.5. The second-order valence-electron chi connectivity index (χ2n) is 8.87. The van der Waals surface area contributed by atoms with Gasteiger partial charge in [0.15, 0.2) is 0 Å². The molecule has 1 atom stereocenters. The van der Waals surface area contributed by atoms with Gasteiger partial charge in [0.1, 0.15) is 6.04 Å². The van der Waals surface area contributed by atoms with E-state index < -0.39 is 22.0 Å². The van der Waals surface area contributed by atoms with E-state index in [0.29, 0.717) is 18.0 Å². The minimum absolute atomic E-state index is 0.0534. The lowest BCUT2D eigenvalue weighted by molar-refractivity contribution is -0.140. The van der Waals surface area contributed by atoms with Crippen LogP contribution in [0.1, 0.15) is 23.6 Å². The summed E-state index contributed by atoms with van der Waals surface area (Å²) >= 11 is 6.01. The van der Waals surface area contributed by atoms with Crippen molar-refractivity contribution in [2.24, 2.45) is 0 Å². The summed E-state index contributed by atoms with van der Waals surface area (Å²) in [6.07, 6.45) is 1.73. The van der Waals surface area contributed by atoms with Crippen LogP contribution in [0.5, 0.6) is 0 Å². The Morgan fingerprint density at radius 2 is 1.38 bits per heavy atom. The summed E-state index contributed by atoms with van der Waals surface area (Å²) in [5.41, 5.74) is 2.63. The van der Waals surface area contributed by atoms with Crippen molar-refractivity contribution < 1.29 is 18.0 Å². The molecule has 0 saturated carbocycles. The number of nitrogens with one attached hydrogen (secondary N) is 1. The van der Waals surface area contributed by atoms with Gasteiger partial charge in [0.05, 0.1) is 12.8 Å². The number of hydrogen-bond acceptors (Lipinski definition) is 4. The first-order valence-corrected chi connectivity index (χ1v) is 14.2. The summed E-state index contributed by atoms with van der Waals surface area (Å²) in [5.74, 6) is -0.783. The molecule has 0 radical (unpaired) electrons. The van der Waals surface area contributed by atoms with Crippen molar-refractivity contribution in [1.29, 1.82) is 0 Å². The fourth-order valence-corrected chi connectivity index (χ4v) is 4.67. The average molecular weight is 542 g/mol. The number of sulfonamides is 1. The Kier molecular flexibility index (Phi) is 10.3. The zero-order chi connectivity index (χ0) is 26.8. The minimum atomic E-state index is -3.69. The Bertz CT molecular complexity index is 1270. The van der Waals surface area contributed by atoms with Gasteiger partial charge >= 0.3 is 0 Å². The molecule has 196 valence electrons. The molecular formula is C28H32ClN3O4S. The van der Waals surface area contributed by atoms with E-state index in [-0.39, 0.29) is 25.5 Å². The third-order valence-corrected chi connectivity index (χ3v) is 7.42. The van der Waals surface area contributed by atoms with Gasteiger partial charge in [-0.15, -0.1) is 0 Å². The van der Waals surface area contributed by atoms with Gasteiger partial charge in [-0.05, 0) is 42.2 Å². The van der Waals surface area contributed by atoms with E-state index in [0.717, 1.165) is 27.3 Å². The summed E-state index contributed by atoms with van der Waals surface area (Å²) in [5, 5.41) is 3.45. The fourth-order valence-electron chi connectivity index (χ4n) is 3.81. The topological polar surface area (TPSA) is 86.8 Å². The number of carbonyl (C=O) groups excluding carboxylic acids is 2. The standard InChI is InChI=1S/C28H32ClN3O4S/c1-22(28(34)30-18-17-23-9-5-3-6-10-23)32(20-25-13-15-26(29)16-14-25)27(33)21-31(37(2,35)36)19-24-11-7-4-8-12-24/h3-16,22H,17-21H2,1-2H3,(H,30,34)/t22-/m1/s1. The van der Waals surface area contributed by atoms with Gasteiger partial charge in [-0.2, -0.15) is 4.31 Å². The predicted octanol–water partition coefficient (Wildman–Crippen LogP) is 3.88. The maximum Gasteiger partial charge on any atom is 0.242 e. The van der Waals surface area contributed by atoms with Gasteiger partial charge in [-0.3, -0.25) is 9.59 Å². The average Bonchev–Trinajstić information content (AvgIpc) is 2.88. The Morgan fingerprint density at radius 3 is 1.95 bits per heavy atom. The van der Waals surface area contributed by atoms with E-state index in [1.54, 1.807) is 43.3 Å². The molecule has 0 unspecified atom stereocenters. The first kappa shape index (κ1) is 28.4. The molecular weight excluding hydrogens is 510 g/mol. The highest BCUT2D eigenvalue weighted by Crippen LogP contribution is 2.16. The molecule has 0 spiro atoms. The molecule has 37 heavy (non-hydrogen) atoms. The van der Waals surface area contributed by atoms with Crippen molar-refractivity contribution in [3.63, 3.8) is 0 Å². The number of benzene rings is 3. The van der Waals surface area contributed by atoms with Crippen molar-refractivity contribution in [1.82, 2.24) is 14.5 Å². The normalized spacial score (nSPS) is 12.2. The Morgan fingerprint density at radius 1 is 0.838 bits per heavy atom. The second-order valence-corrected chi connectivity index (χ2v) is 11.3. The van der Waals surface area contributed by atoms with Crippen LogP contribution < -0.4 is 5.32 Å². The van der Waals surface area contributed by atoms with E-state index in [9.17, 15) is 18.0 Å². The summed E-state index contributed by atoms with van der Waals surface area (Å²) < 4.78 is 26.2. The van der Waals surface area contributed by atoms with Crippen LogP contribution in [0.2, 0.25) is 5.02 Å². The van der Waals surface area contributed by atoms with E-state index in [1.807, 2.05) is 48.5 Å². The Labute approximate surface area is 224 Å². The quantitative estimate of drug-likeness (QED) is 0.377. The molecule has 2 amide bonds. The molecule has 3 aromatic carbocycles. The van der Waals surface area contributed by atoms with Crippen LogP contribution in [0, 0.1) is 0 Å². The fraction of sp³-hybridized carbons (Fsp3) is 0.286. The Balaban J connectivity index is 1.76. The van der Waals surface area contributed by atoms with Crippen LogP contribution in [0.4, 0.5) is 0 Å². The van der Waals surface area contributed by atoms with Gasteiger partial charge in [0, 0.05) is 24.7 Å². The second kappa shape index (κ2) is 13.4. The van der Waals surface area contributed by atoms with Gasteiger partial charge in [-0.1, -0.05) is 84.4 Å². The minimum Gasteiger partial charge on any atom is -0.354 e. The summed E-state index contributed by atoms with van der Waals surface area (Å²) in [6.45, 7) is 1.86. The molecule has 0 aliphatic heterocycles. The maximum atomic E-state index is 13.5. The lowest BCUT2D eigenvalue weighted by atomic mass is 10.1. The van der Waals surface area contributed by atoms with Gasteiger partial charge in [0.25, 0.3) is 0 Å². The molecule has 7 nitrogen and oxygen atoms in total. The summed E-state index contributed by atoms with van der Waals surface area (Å²) in [6, 6.07) is 25.0. The van der Waals surface area contributed by atoms with Crippen LogP contribution in [0.3, 0.4) is 0 Å². The number of rotatable bonds is 12. The van der Waals surface area contributed by atoms with Crippen LogP contribution >= 0.6 is 11.6 Å². The first-order valence-electron chi connectivity index (χ1n) is 12.0. The molecule has 0 aliphatic carbocycles. The molecule has 0 saturated heterocycles. The molecule has 3 aromatic rings. The summed E-state index contributed by atoms with van der Waals surface area (Å²) in [4.78, 5) is 28.0. The number of halogens is 1. The van der Waals surface area contributed by atoms with Gasteiger partial charge < -0.3 is 10.2 Å². The number of amides is 2.